The number of hydrogen-bond donors (Lipinski definition) is 0. The third-order valence-electron chi connectivity index (χ3n) is 5.89. The molecule has 162 valence electrons. The van der Waals surface area contributed by atoms with Crippen LogP contribution in [-0.2, 0) is 13.2 Å². The van der Waals surface area contributed by atoms with E-state index in [1.165, 1.54) is 5.56 Å². The summed E-state index contributed by atoms with van der Waals surface area (Å²) in [5.74, 6) is 1.32. The van der Waals surface area contributed by atoms with Gasteiger partial charge in [0.05, 0.1) is 11.3 Å². The van der Waals surface area contributed by atoms with E-state index in [0.717, 1.165) is 36.6 Å². The van der Waals surface area contributed by atoms with Crippen LogP contribution in [0.5, 0.6) is 5.75 Å². The molecule has 0 N–H and O–H groups in total. The van der Waals surface area contributed by atoms with Crippen molar-refractivity contribution < 1.29 is 14.1 Å². The minimum atomic E-state index is -0.103. The molecule has 1 aromatic carbocycles. The van der Waals surface area contributed by atoms with Crippen molar-refractivity contribution in [3.05, 3.63) is 76.4 Å². The summed E-state index contributed by atoms with van der Waals surface area (Å²) in [6.07, 6.45) is 1.81. The summed E-state index contributed by atoms with van der Waals surface area (Å²) in [5, 5.41) is 4.06. The predicted octanol–water partition coefficient (Wildman–Crippen LogP) is 3.53. The fourth-order valence-electron chi connectivity index (χ4n) is 3.74. The Morgan fingerprint density at radius 1 is 1.06 bits per heavy atom. The summed E-state index contributed by atoms with van der Waals surface area (Å²) in [5.41, 5.74) is 4.36. The molecule has 0 bridgehead atoms. The molecule has 3 aromatic rings. The normalized spacial score (nSPS) is 14.6. The number of amides is 1. The van der Waals surface area contributed by atoms with Crippen LogP contribution in [-0.4, -0.2) is 52.0 Å². The Kier molecular flexibility index (Phi) is 6.32. The first-order valence-electron chi connectivity index (χ1n) is 10.6. The Morgan fingerprint density at radius 3 is 2.61 bits per heavy atom. The maximum absolute atomic E-state index is 13.1. The number of rotatable bonds is 6. The molecule has 1 aliphatic heterocycles. The molecule has 2 aromatic heterocycles. The van der Waals surface area contributed by atoms with Crippen LogP contribution in [0.1, 0.15) is 38.6 Å². The van der Waals surface area contributed by atoms with E-state index in [9.17, 15) is 4.79 Å². The second-order valence-electron chi connectivity index (χ2n) is 7.94. The monoisotopic (exact) mass is 420 g/mol. The highest BCUT2D eigenvalue weighted by Gasteiger charge is 2.28. The SMILES string of the molecule is Cc1cccc(OCc2c(C(=O)N3CCN(Cc4ccccn4)CC3)noc2C)c1C. The first-order chi connectivity index (χ1) is 15.0. The molecule has 7 heteroatoms. The summed E-state index contributed by atoms with van der Waals surface area (Å²) in [6, 6.07) is 11.9. The van der Waals surface area contributed by atoms with Crippen molar-refractivity contribution in [3.63, 3.8) is 0 Å². The molecule has 0 radical (unpaired) electrons. The Morgan fingerprint density at radius 2 is 1.87 bits per heavy atom. The van der Waals surface area contributed by atoms with E-state index in [1.807, 2.05) is 55.3 Å². The molecule has 1 aliphatic rings. The average Bonchev–Trinajstić information content (AvgIpc) is 3.16. The van der Waals surface area contributed by atoms with E-state index in [2.05, 4.69) is 28.0 Å². The van der Waals surface area contributed by atoms with Gasteiger partial charge in [0.25, 0.3) is 5.91 Å². The quantitative estimate of drug-likeness (QED) is 0.608. The summed E-state index contributed by atoms with van der Waals surface area (Å²) in [7, 11) is 0. The molecule has 0 unspecified atom stereocenters. The molecule has 0 saturated carbocycles. The number of carbonyl (C=O) groups is 1. The number of hydrogen-bond acceptors (Lipinski definition) is 6. The first kappa shape index (κ1) is 21.1. The summed E-state index contributed by atoms with van der Waals surface area (Å²) < 4.78 is 11.4. The van der Waals surface area contributed by atoms with Crippen molar-refractivity contribution in [2.24, 2.45) is 0 Å². The molecule has 3 heterocycles. The van der Waals surface area contributed by atoms with Crippen molar-refractivity contribution in [1.82, 2.24) is 19.9 Å². The van der Waals surface area contributed by atoms with Crippen molar-refractivity contribution >= 4 is 5.91 Å². The second-order valence-corrected chi connectivity index (χ2v) is 7.94. The van der Waals surface area contributed by atoms with Gasteiger partial charge in [-0.25, -0.2) is 0 Å². The highest BCUT2D eigenvalue weighted by Crippen LogP contribution is 2.24. The highest BCUT2D eigenvalue weighted by molar-refractivity contribution is 5.93. The largest absolute Gasteiger partial charge is 0.488 e. The number of benzene rings is 1. The van der Waals surface area contributed by atoms with Gasteiger partial charge >= 0.3 is 0 Å². The van der Waals surface area contributed by atoms with Gasteiger partial charge in [-0.15, -0.1) is 0 Å². The zero-order valence-corrected chi connectivity index (χ0v) is 18.3. The maximum atomic E-state index is 13.1. The lowest BCUT2D eigenvalue weighted by Crippen LogP contribution is -2.48. The molecule has 1 saturated heterocycles. The van der Waals surface area contributed by atoms with Crippen LogP contribution in [0.25, 0.3) is 0 Å². The van der Waals surface area contributed by atoms with Crippen LogP contribution in [0.3, 0.4) is 0 Å². The highest BCUT2D eigenvalue weighted by atomic mass is 16.5. The smallest absolute Gasteiger partial charge is 0.276 e. The number of carbonyl (C=O) groups excluding carboxylic acids is 1. The van der Waals surface area contributed by atoms with Crippen LogP contribution in [0.2, 0.25) is 0 Å². The Bertz CT molecular complexity index is 1040. The van der Waals surface area contributed by atoms with Gasteiger partial charge in [0.1, 0.15) is 18.1 Å². The molecular weight excluding hydrogens is 392 g/mol. The van der Waals surface area contributed by atoms with Gasteiger partial charge in [0, 0.05) is 38.9 Å². The first-order valence-corrected chi connectivity index (χ1v) is 10.6. The van der Waals surface area contributed by atoms with Crippen molar-refractivity contribution in [2.45, 2.75) is 33.9 Å². The standard InChI is InChI=1S/C24H28N4O3/c1-17-7-6-9-22(18(17)2)30-16-21-19(3)31-26-23(21)24(29)28-13-11-27(12-14-28)15-20-8-4-5-10-25-20/h4-10H,11-16H2,1-3H3. The van der Waals surface area contributed by atoms with Gasteiger partial charge in [-0.3, -0.25) is 14.7 Å². The molecule has 0 atom stereocenters. The summed E-state index contributed by atoms with van der Waals surface area (Å²) >= 11 is 0. The van der Waals surface area contributed by atoms with Gasteiger partial charge in [0.15, 0.2) is 5.69 Å². The molecule has 1 fully saturated rings. The number of aryl methyl sites for hydroxylation is 2. The lowest BCUT2D eigenvalue weighted by atomic mass is 10.1. The number of pyridine rings is 1. The molecule has 7 nitrogen and oxygen atoms in total. The van der Waals surface area contributed by atoms with E-state index in [0.29, 0.717) is 30.1 Å². The second kappa shape index (κ2) is 9.31. The molecule has 0 aliphatic carbocycles. The summed E-state index contributed by atoms with van der Waals surface area (Å²) in [4.78, 5) is 21.7. The number of ether oxygens (including phenoxy) is 1. The van der Waals surface area contributed by atoms with Crippen molar-refractivity contribution in [3.8, 4) is 5.75 Å². The van der Waals surface area contributed by atoms with Crippen LogP contribution >= 0.6 is 0 Å². The van der Waals surface area contributed by atoms with E-state index in [1.54, 1.807) is 0 Å². The van der Waals surface area contributed by atoms with Gasteiger partial charge in [-0.2, -0.15) is 0 Å². The van der Waals surface area contributed by atoms with Gasteiger partial charge in [-0.1, -0.05) is 23.4 Å². The fourth-order valence-corrected chi connectivity index (χ4v) is 3.74. The zero-order chi connectivity index (χ0) is 21.8. The number of aromatic nitrogens is 2. The Balaban J connectivity index is 1.39. The van der Waals surface area contributed by atoms with Gasteiger partial charge in [-0.05, 0) is 50.1 Å². The molecule has 4 rings (SSSR count). The number of piperazine rings is 1. The van der Waals surface area contributed by atoms with E-state index < -0.39 is 0 Å². The third-order valence-corrected chi connectivity index (χ3v) is 5.89. The lowest BCUT2D eigenvalue weighted by Gasteiger charge is -2.34. The van der Waals surface area contributed by atoms with Crippen LogP contribution < -0.4 is 4.74 Å². The van der Waals surface area contributed by atoms with Gasteiger partial charge in [0.2, 0.25) is 0 Å². The fraction of sp³-hybridized carbons (Fsp3) is 0.375. The Labute approximate surface area is 182 Å². The maximum Gasteiger partial charge on any atom is 0.276 e. The lowest BCUT2D eigenvalue weighted by molar-refractivity contribution is 0.0615. The van der Waals surface area contributed by atoms with Gasteiger partial charge < -0.3 is 14.2 Å². The van der Waals surface area contributed by atoms with E-state index in [-0.39, 0.29) is 12.5 Å². The van der Waals surface area contributed by atoms with Crippen LogP contribution in [0, 0.1) is 20.8 Å². The molecular formula is C24H28N4O3. The third kappa shape index (κ3) is 4.77. The minimum absolute atomic E-state index is 0.103. The topological polar surface area (TPSA) is 71.7 Å². The van der Waals surface area contributed by atoms with Crippen LogP contribution in [0.4, 0.5) is 0 Å². The van der Waals surface area contributed by atoms with E-state index >= 15 is 0 Å². The summed E-state index contributed by atoms with van der Waals surface area (Å²) in [6.45, 7) is 9.83. The van der Waals surface area contributed by atoms with Crippen LogP contribution in [0.15, 0.2) is 47.1 Å². The molecule has 31 heavy (non-hydrogen) atoms. The zero-order valence-electron chi connectivity index (χ0n) is 18.3. The molecule has 1 amide bonds. The predicted molar refractivity (Wildman–Crippen MR) is 117 cm³/mol. The minimum Gasteiger partial charge on any atom is -0.488 e. The average molecular weight is 421 g/mol. The van der Waals surface area contributed by atoms with E-state index in [4.69, 9.17) is 9.26 Å². The Hall–Kier alpha value is -3.19. The van der Waals surface area contributed by atoms with Crippen molar-refractivity contribution in [2.75, 3.05) is 26.2 Å². The number of nitrogens with zero attached hydrogens (tertiary/aromatic N) is 4. The van der Waals surface area contributed by atoms with Crippen molar-refractivity contribution in [1.29, 1.82) is 0 Å². The molecule has 0 spiro atoms.